The van der Waals surface area contributed by atoms with Crippen molar-refractivity contribution in [3.63, 3.8) is 0 Å². The summed E-state index contributed by atoms with van der Waals surface area (Å²) in [6, 6.07) is 29.7. The van der Waals surface area contributed by atoms with E-state index in [1.165, 1.54) is 7.14 Å². The first kappa shape index (κ1) is 16.2. The molecule has 0 aliphatic carbocycles. The van der Waals surface area contributed by atoms with Crippen molar-refractivity contribution < 1.29 is 31.1 Å². The molecule has 2 nitrogen and oxygen atoms in total. The van der Waals surface area contributed by atoms with Gasteiger partial charge in [-0.05, 0) is 12.1 Å². The summed E-state index contributed by atoms with van der Waals surface area (Å²) in [6.07, 6.45) is 0. The molecule has 3 aromatic rings. The van der Waals surface area contributed by atoms with E-state index in [-0.39, 0.29) is 21.2 Å². The van der Waals surface area contributed by atoms with Gasteiger partial charge < -0.3 is 5.11 Å². The van der Waals surface area contributed by atoms with Gasteiger partial charge in [0.25, 0.3) is 0 Å². The topological polar surface area (TPSA) is 37.3 Å². The van der Waals surface area contributed by atoms with Gasteiger partial charge in [-0.25, -0.2) is 4.79 Å². The van der Waals surface area contributed by atoms with Crippen molar-refractivity contribution in [3.8, 4) is 0 Å². The Morgan fingerprint density at radius 2 is 1.00 bits per heavy atom. The van der Waals surface area contributed by atoms with Gasteiger partial charge in [0.15, 0.2) is 0 Å². The van der Waals surface area contributed by atoms with E-state index in [4.69, 9.17) is 5.11 Å². The third-order valence-corrected chi connectivity index (χ3v) is 5.39. The quantitative estimate of drug-likeness (QED) is 0.668. The number of benzene rings is 3. The molecule has 0 spiro atoms. The molecule has 3 rings (SSSR count). The number of rotatable bonds is 3. The fraction of sp³-hybridized carbons (Fsp3) is 0. The Kier molecular flexibility index (Phi) is 6.64. The molecule has 0 bridgehead atoms. The van der Waals surface area contributed by atoms with Gasteiger partial charge in [-0.3, -0.25) is 0 Å². The third-order valence-electron chi connectivity index (χ3n) is 2.71. The van der Waals surface area contributed by atoms with Gasteiger partial charge in [-0.1, -0.05) is 18.2 Å². The Morgan fingerprint density at radius 3 is 1.32 bits per heavy atom. The van der Waals surface area contributed by atoms with Crippen LogP contribution in [0.1, 0.15) is 10.4 Å². The summed E-state index contributed by atoms with van der Waals surface area (Å²) in [5.41, 5.74) is 0.331. The van der Waals surface area contributed by atoms with Crippen molar-refractivity contribution in [1.82, 2.24) is 0 Å². The molecule has 0 aliphatic heterocycles. The number of carboxylic acids is 1. The molecule has 112 valence electrons. The molecule has 0 radical (unpaired) electrons. The average molecular weight is 403 g/mol. The van der Waals surface area contributed by atoms with E-state index in [0.717, 1.165) is 0 Å². The Labute approximate surface area is 140 Å². The zero-order valence-electron chi connectivity index (χ0n) is 11.9. The van der Waals surface area contributed by atoms with Crippen LogP contribution in [0.15, 0.2) is 91.0 Å². The van der Waals surface area contributed by atoms with Crippen LogP contribution in [-0.4, -0.2) is 11.1 Å². The zero-order chi connectivity index (χ0) is 15.6. The zero-order valence-corrected chi connectivity index (χ0v) is 14.1. The molecule has 3 aromatic carbocycles. The summed E-state index contributed by atoms with van der Waals surface area (Å²) >= 11 is 0.0287. The number of carboxylic acid groups (broad SMARTS) is 1. The van der Waals surface area contributed by atoms with Crippen LogP contribution in [0, 0.1) is 7.14 Å². The van der Waals surface area contributed by atoms with Gasteiger partial charge >= 0.3 is 95.0 Å². The van der Waals surface area contributed by atoms with Crippen molar-refractivity contribution in [3.05, 3.63) is 104 Å². The molecule has 0 heterocycles. The van der Waals surface area contributed by atoms with Gasteiger partial charge in [-0.2, -0.15) is 0 Å². The summed E-state index contributed by atoms with van der Waals surface area (Å²) in [6.45, 7) is 0. The first-order valence-electron chi connectivity index (χ1n) is 6.79. The summed E-state index contributed by atoms with van der Waals surface area (Å²) in [4.78, 5) is 10.2. The number of hydrogen-bond donors (Lipinski definition) is 1. The van der Waals surface area contributed by atoms with Gasteiger partial charge in [0.2, 0.25) is 0 Å². The Hall–Kier alpha value is -2.14. The number of carbonyl (C=O) groups is 1. The molecule has 3 heteroatoms. The van der Waals surface area contributed by atoms with E-state index < -0.39 is 5.97 Å². The first-order chi connectivity index (χ1) is 10.8. The maximum atomic E-state index is 10.2. The fourth-order valence-electron chi connectivity index (χ4n) is 1.66. The second kappa shape index (κ2) is 9.00. The first-order valence-corrected chi connectivity index (χ1v) is 8.95. The molecular formula is C19H16IO2-. The summed E-state index contributed by atoms with van der Waals surface area (Å²) in [5.74, 6) is -0.879. The molecule has 0 amide bonds. The van der Waals surface area contributed by atoms with Crippen LogP contribution in [-0.2, 0) is 0 Å². The van der Waals surface area contributed by atoms with Crippen molar-refractivity contribution in [2.45, 2.75) is 0 Å². The molecule has 0 fully saturated rings. The minimum atomic E-state index is -0.879. The van der Waals surface area contributed by atoms with E-state index in [9.17, 15) is 4.79 Å². The third kappa shape index (κ3) is 5.69. The van der Waals surface area contributed by atoms with Gasteiger partial charge in [0, 0.05) is 0 Å². The van der Waals surface area contributed by atoms with Crippen LogP contribution >= 0.6 is 0 Å². The molecule has 0 unspecified atom stereocenters. The standard InChI is InChI=1S/C12H10I.C7H6O2/c1-3-7-11(8-4-1)13-12-9-5-2-6-10-12;8-7(9)6-4-2-1-3-5-6/h1-10H;1-5H,(H,8,9)/q-1;. The predicted molar refractivity (Wildman–Crippen MR) is 83.7 cm³/mol. The van der Waals surface area contributed by atoms with Crippen LogP contribution in [0.25, 0.3) is 0 Å². The van der Waals surface area contributed by atoms with Crippen LogP contribution in [0.2, 0.25) is 0 Å². The second-order valence-electron chi connectivity index (χ2n) is 4.36. The number of hydrogen-bond acceptors (Lipinski definition) is 1. The summed E-state index contributed by atoms with van der Waals surface area (Å²) < 4.78 is 2.96. The van der Waals surface area contributed by atoms with Crippen molar-refractivity contribution >= 4 is 5.97 Å². The molecule has 0 saturated carbocycles. The fourth-order valence-corrected chi connectivity index (χ4v) is 3.93. The monoisotopic (exact) mass is 403 g/mol. The number of aromatic carboxylic acids is 1. The van der Waals surface area contributed by atoms with E-state index >= 15 is 0 Å². The van der Waals surface area contributed by atoms with Crippen LogP contribution in [0.5, 0.6) is 0 Å². The molecule has 0 atom stereocenters. The Balaban J connectivity index is 0.000000172. The van der Waals surface area contributed by atoms with E-state index in [1.807, 2.05) is 0 Å². The number of halogens is 1. The van der Waals surface area contributed by atoms with E-state index in [2.05, 4.69) is 60.7 Å². The second-order valence-corrected chi connectivity index (χ2v) is 7.39. The van der Waals surface area contributed by atoms with Gasteiger partial charge in [-0.15, -0.1) is 0 Å². The minimum absolute atomic E-state index is 0.0287. The predicted octanol–water partition coefficient (Wildman–Crippen LogP) is 1.20. The molecular weight excluding hydrogens is 387 g/mol. The Bertz CT molecular complexity index is 645. The van der Waals surface area contributed by atoms with Crippen LogP contribution < -0.4 is 21.2 Å². The van der Waals surface area contributed by atoms with Crippen LogP contribution in [0.3, 0.4) is 0 Å². The van der Waals surface area contributed by atoms with Crippen molar-refractivity contribution in [2.24, 2.45) is 0 Å². The van der Waals surface area contributed by atoms with E-state index in [1.54, 1.807) is 30.3 Å². The molecule has 1 N–H and O–H groups in total. The summed E-state index contributed by atoms with van der Waals surface area (Å²) in [5, 5.41) is 8.38. The van der Waals surface area contributed by atoms with Crippen molar-refractivity contribution in [1.29, 1.82) is 0 Å². The molecule has 0 saturated heterocycles. The normalized spacial score (nSPS) is 9.64. The van der Waals surface area contributed by atoms with Gasteiger partial charge in [0.1, 0.15) is 0 Å². The Morgan fingerprint density at radius 1 is 0.636 bits per heavy atom. The van der Waals surface area contributed by atoms with Crippen LogP contribution in [0.4, 0.5) is 0 Å². The molecule has 0 aliphatic rings. The van der Waals surface area contributed by atoms with E-state index in [0.29, 0.717) is 5.56 Å². The average Bonchev–Trinajstić information content (AvgIpc) is 2.58. The van der Waals surface area contributed by atoms with Gasteiger partial charge in [0.05, 0.1) is 5.56 Å². The maximum absolute atomic E-state index is 10.2. The molecule has 0 aromatic heterocycles. The molecule has 22 heavy (non-hydrogen) atoms. The summed E-state index contributed by atoms with van der Waals surface area (Å²) in [7, 11) is 0. The SMILES string of the molecule is O=C(O)c1ccccc1.c1ccc([I-]c2ccccc2)cc1. The van der Waals surface area contributed by atoms with Crippen molar-refractivity contribution in [2.75, 3.05) is 0 Å².